The topological polar surface area (TPSA) is 70.6 Å². The van der Waals surface area contributed by atoms with Crippen LogP contribution in [-0.4, -0.2) is 53.9 Å². The molecule has 0 spiro atoms. The van der Waals surface area contributed by atoms with Gasteiger partial charge in [0.25, 0.3) is 0 Å². The van der Waals surface area contributed by atoms with Gasteiger partial charge >= 0.3 is 0 Å². The second-order valence-electron chi connectivity index (χ2n) is 6.40. The molecule has 0 radical (unpaired) electrons. The Balaban J connectivity index is 2.21. The molecule has 0 N–H and O–H groups in total. The average Bonchev–Trinajstić information content (AvgIpc) is 2.52. The molecule has 1 fully saturated rings. The fourth-order valence-corrected chi connectivity index (χ4v) is 3.79. The van der Waals surface area contributed by atoms with Crippen LogP contribution in [-0.2, 0) is 21.4 Å². The van der Waals surface area contributed by atoms with E-state index in [1.54, 1.807) is 12.4 Å². The number of carbonyl (C=O) groups excluding carboxylic acids is 1. The van der Waals surface area contributed by atoms with Crippen molar-refractivity contribution >= 4 is 15.9 Å². The molecule has 1 aliphatic rings. The molecule has 2 heterocycles. The van der Waals surface area contributed by atoms with Gasteiger partial charge in [-0.25, -0.2) is 12.7 Å². The smallest absolute Gasteiger partial charge is 0.225 e. The standard InChI is InChI=1S/C16H25N3O3S/c1-13(2)16(20)19(11-14-6-4-8-17-10-14)15-7-5-9-18(12-15)23(3,21)22/h4,6,8,10,13,15H,5,7,9,11-12H2,1-3H3. The Morgan fingerprint density at radius 3 is 2.78 bits per heavy atom. The Kier molecular flexibility index (Phi) is 5.75. The highest BCUT2D eigenvalue weighted by molar-refractivity contribution is 7.88. The fraction of sp³-hybridized carbons (Fsp3) is 0.625. The molecular weight excluding hydrogens is 314 g/mol. The molecule has 0 saturated carbocycles. The number of pyridine rings is 1. The fourth-order valence-electron chi connectivity index (χ4n) is 2.88. The lowest BCUT2D eigenvalue weighted by Gasteiger charge is -2.39. The second kappa shape index (κ2) is 7.40. The van der Waals surface area contributed by atoms with Gasteiger partial charge in [-0.1, -0.05) is 19.9 Å². The van der Waals surface area contributed by atoms with Crippen molar-refractivity contribution in [2.75, 3.05) is 19.3 Å². The highest BCUT2D eigenvalue weighted by Gasteiger charge is 2.32. The van der Waals surface area contributed by atoms with Crippen molar-refractivity contribution in [2.45, 2.75) is 39.3 Å². The lowest BCUT2D eigenvalue weighted by molar-refractivity contribution is -0.138. The minimum atomic E-state index is -3.23. The van der Waals surface area contributed by atoms with Gasteiger partial charge in [0.15, 0.2) is 0 Å². The third-order valence-corrected chi connectivity index (χ3v) is 5.39. The van der Waals surface area contributed by atoms with Crippen molar-refractivity contribution in [2.24, 2.45) is 5.92 Å². The van der Waals surface area contributed by atoms with Crippen molar-refractivity contribution in [3.05, 3.63) is 30.1 Å². The summed E-state index contributed by atoms with van der Waals surface area (Å²) in [6, 6.07) is 3.69. The normalized spacial score (nSPS) is 19.7. The molecule has 0 aromatic carbocycles. The van der Waals surface area contributed by atoms with Crippen LogP contribution in [0.2, 0.25) is 0 Å². The van der Waals surface area contributed by atoms with E-state index < -0.39 is 10.0 Å². The summed E-state index contributed by atoms with van der Waals surface area (Å²) in [7, 11) is -3.23. The zero-order chi connectivity index (χ0) is 17.0. The second-order valence-corrected chi connectivity index (χ2v) is 8.38. The van der Waals surface area contributed by atoms with E-state index in [-0.39, 0.29) is 17.9 Å². The maximum atomic E-state index is 12.6. The highest BCUT2D eigenvalue weighted by atomic mass is 32.2. The number of rotatable bonds is 5. The summed E-state index contributed by atoms with van der Waals surface area (Å²) >= 11 is 0. The Hall–Kier alpha value is -1.47. The van der Waals surface area contributed by atoms with Crippen molar-refractivity contribution in [1.82, 2.24) is 14.2 Å². The Morgan fingerprint density at radius 2 is 2.22 bits per heavy atom. The first-order valence-electron chi connectivity index (χ1n) is 7.93. The predicted octanol–water partition coefficient (Wildman–Crippen LogP) is 1.49. The Labute approximate surface area is 138 Å². The first-order chi connectivity index (χ1) is 10.8. The Morgan fingerprint density at radius 1 is 1.48 bits per heavy atom. The molecule has 2 rings (SSSR count). The van der Waals surface area contributed by atoms with Crippen molar-refractivity contribution in [3.8, 4) is 0 Å². The van der Waals surface area contributed by atoms with Crippen LogP contribution in [0.3, 0.4) is 0 Å². The lowest BCUT2D eigenvalue weighted by Crippen LogP contribution is -2.52. The maximum Gasteiger partial charge on any atom is 0.225 e. The molecule has 1 amide bonds. The van der Waals surface area contributed by atoms with Crippen molar-refractivity contribution < 1.29 is 13.2 Å². The molecule has 1 unspecified atom stereocenters. The minimum Gasteiger partial charge on any atom is -0.334 e. The largest absolute Gasteiger partial charge is 0.334 e. The number of hydrogen-bond acceptors (Lipinski definition) is 4. The van der Waals surface area contributed by atoms with Crippen molar-refractivity contribution in [1.29, 1.82) is 0 Å². The molecule has 6 nitrogen and oxygen atoms in total. The van der Waals surface area contributed by atoms with Crippen LogP contribution in [0.25, 0.3) is 0 Å². The number of hydrogen-bond donors (Lipinski definition) is 0. The molecule has 1 aromatic rings. The van der Waals surface area contributed by atoms with Crippen LogP contribution in [0.1, 0.15) is 32.3 Å². The van der Waals surface area contributed by atoms with E-state index in [9.17, 15) is 13.2 Å². The molecule has 1 saturated heterocycles. The van der Waals surface area contributed by atoms with E-state index in [1.165, 1.54) is 10.6 Å². The van der Waals surface area contributed by atoms with Crippen LogP contribution in [0.4, 0.5) is 0 Å². The summed E-state index contributed by atoms with van der Waals surface area (Å²) in [6.45, 7) is 5.11. The lowest BCUT2D eigenvalue weighted by atomic mass is 10.0. The van der Waals surface area contributed by atoms with Crippen LogP contribution in [0.5, 0.6) is 0 Å². The minimum absolute atomic E-state index is 0.0502. The third kappa shape index (κ3) is 4.75. The number of sulfonamides is 1. The first kappa shape index (κ1) is 17.9. The van der Waals surface area contributed by atoms with Gasteiger partial charge in [-0.15, -0.1) is 0 Å². The zero-order valence-corrected chi connectivity index (χ0v) is 14.8. The van der Waals surface area contributed by atoms with Crippen molar-refractivity contribution in [3.63, 3.8) is 0 Å². The van der Waals surface area contributed by atoms with E-state index in [1.807, 2.05) is 30.9 Å². The molecule has 23 heavy (non-hydrogen) atoms. The number of aromatic nitrogens is 1. The number of piperidine rings is 1. The molecule has 1 aromatic heterocycles. The summed E-state index contributed by atoms with van der Waals surface area (Å²) in [6.07, 6.45) is 6.27. The van der Waals surface area contributed by atoms with Gasteiger partial charge in [-0.05, 0) is 24.5 Å². The third-order valence-electron chi connectivity index (χ3n) is 4.12. The van der Waals surface area contributed by atoms with E-state index in [0.29, 0.717) is 19.6 Å². The predicted molar refractivity (Wildman–Crippen MR) is 89.1 cm³/mol. The maximum absolute atomic E-state index is 12.6. The molecule has 7 heteroatoms. The summed E-state index contributed by atoms with van der Waals surface area (Å²) in [5.74, 6) is -0.0746. The summed E-state index contributed by atoms with van der Waals surface area (Å²) < 4.78 is 25.1. The van der Waals surface area contributed by atoms with E-state index >= 15 is 0 Å². The first-order valence-corrected chi connectivity index (χ1v) is 9.78. The molecule has 1 aliphatic heterocycles. The molecular formula is C16H25N3O3S. The van der Waals surface area contributed by atoms with E-state index in [2.05, 4.69) is 4.98 Å². The van der Waals surface area contributed by atoms with E-state index in [4.69, 9.17) is 0 Å². The highest BCUT2D eigenvalue weighted by Crippen LogP contribution is 2.21. The molecule has 0 aliphatic carbocycles. The summed E-state index contributed by atoms with van der Waals surface area (Å²) in [5.41, 5.74) is 0.956. The number of nitrogens with zero attached hydrogens (tertiary/aromatic N) is 3. The van der Waals surface area contributed by atoms with Gasteiger partial charge in [0, 0.05) is 44.0 Å². The number of carbonyl (C=O) groups is 1. The van der Waals surface area contributed by atoms with Gasteiger partial charge in [0.05, 0.1) is 6.26 Å². The Bertz CT molecular complexity index is 631. The van der Waals surface area contributed by atoms with Gasteiger partial charge in [0.2, 0.25) is 15.9 Å². The average molecular weight is 339 g/mol. The van der Waals surface area contributed by atoms with Crippen LogP contribution >= 0.6 is 0 Å². The van der Waals surface area contributed by atoms with Crippen LogP contribution in [0, 0.1) is 5.92 Å². The van der Waals surface area contributed by atoms with Gasteiger partial charge in [0.1, 0.15) is 0 Å². The summed E-state index contributed by atoms with van der Waals surface area (Å²) in [4.78, 5) is 18.6. The van der Waals surface area contributed by atoms with Crippen LogP contribution in [0.15, 0.2) is 24.5 Å². The van der Waals surface area contributed by atoms with Gasteiger partial charge in [-0.2, -0.15) is 0 Å². The quantitative estimate of drug-likeness (QED) is 0.815. The summed E-state index contributed by atoms with van der Waals surface area (Å²) in [5, 5.41) is 0. The zero-order valence-electron chi connectivity index (χ0n) is 14.0. The molecule has 1 atom stereocenters. The van der Waals surface area contributed by atoms with E-state index in [0.717, 1.165) is 18.4 Å². The van der Waals surface area contributed by atoms with Crippen LogP contribution < -0.4 is 0 Å². The SMILES string of the molecule is CC(C)C(=O)N(Cc1cccnc1)C1CCCN(S(C)(=O)=O)C1. The molecule has 0 bridgehead atoms. The number of amides is 1. The van der Waals surface area contributed by atoms with Gasteiger partial charge in [-0.3, -0.25) is 9.78 Å². The monoisotopic (exact) mass is 339 g/mol. The molecule has 128 valence electrons. The van der Waals surface area contributed by atoms with Gasteiger partial charge < -0.3 is 4.90 Å².